The lowest BCUT2D eigenvalue weighted by Gasteiger charge is -2.34. The maximum atomic E-state index is 12.9. The van der Waals surface area contributed by atoms with Crippen LogP contribution in [0, 0.1) is 0 Å². The quantitative estimate of drug-likeness (QED) is 0.532. The van der Waals surface area contributed by atoms with Gasteiger partial charge in [-0.1, -0.05) is 24.1 Å². The number of hydrogen-bond donors (Lipinski definition) is 1. The van der Waals surface area contributed by atoms with E-state index in [1.807, 2.05) is 0 Å². The van der Waals surface area contributed by atoms with Crippen LogP contribution in [0.1, 0.15) is 36.5 Å². The Morgan fingerprint density at radius 3 is 2.71 bits per heavy atom. The Morgan fingerprint density at radius 2 is 1.94 bits per heavy atom. The summed E-state index contributed by atoms with van der Waals surface area (Å²) in [4.78, 5) is 42.2. The fourth-order valence-electron chi connectivity index (χ4n) is 4.34. The van der Waals surface area contributed by atoms with Crippen molar-refractivity contribution in [3.63, 3.8) is 0 Å². The number of ether oxygens (including phenoxy) is 2. The molecule has 2 aliphatic heterocycles. The summed E-state index contributed by atoms with van der Waals surface area (Å²) in [6, 6.07) is 10.9. The fourth-order valence-corrected chi connectivity index (χ4v) is 4.52. The Balaban J connectivity index is 1.41. The SMILES string of the molecule is C[C@H](C(=O)NCCN1CCCCC1)N1C(=O)COc2ccc(C(=O)COc3cccc(Cl)c3)cc21. The standard InChI is InChI=1S/C26H30ClN3O5/c1-18(26(33)28-10-13-29-11-3-2-4-12-29)30-22-14-19(8-9-24(22)35-17-25(30)32)23(31)16-34-21-7-5-6-20(27)15-21/h5-9,14-15,18H,2-4,10-13,16-17H2,1H3,(H,28,33)/t18-/m1/s1. The second-order valence-corrected chi connectivity index (χ2v) is 9.21. The van der Waals surface area contributed by atoms with Gasteiger partial charge in [0.1, 0.15) is 17.5 Å². The molecule has 2 amide bonds. The monoisotopic (exact) mass is 499 g/mol. The third kappa shape index (κ3) is 6.32. The zero-order valence-electron chi connectivity index (χ0n) is 19.8. The second kappa shape index (κ2) is 11.6. The number of carbonyl (C=O) groups is 3. The molecule has 0 bridgehead atoms. The van der Waals surface area contributed by atoms with Crippen LogP contribution < -0.4 is 19.7 Å². The summed E-state index contributed by atoms with van der Waals surface area (Å²) in [5, 5.41) is 3.46. The molecule has 2 aromatic carbocycles. The number of piperidine rings is 1. The third-order valence-electron chi connectivity index (χ3n) is 6.27. The maximum Gasteiger partial charge on any atom is 0.265 e. The van der Waals surface area contributed by atoms with E-state index in [4.69, 9.17) is 21.1 Å². The van der Waals surface area contributed by atoms with Gasteiger partial charge in [0, 0.05) is 23.7 Å². The molecule has 0 aliphatic carbocycles. The summed E-state index contributed by atoms with van der Waals surface area (Å²) in [7, 11) is 0. The number of ketones is 1. The molecule has 0 saturated carbocycles. The number of amides is 2. The number of nitrogens with one attached hydrogen (secondary N) is 1. The molecule has 1 saturated heterocycles. The first-order valence-corrected chi connectivity index (χ1v) is 12.3. The number of hydrogen-bond acceptors (Lipinski definition) is 6. The Bertz CT molecular complexity index is 1090. The molecule has 0 unspecified atom stereocenters. The summed E-state index contributed by atoms with van der Waals surface area (Å²) in [5.74, 6) is 0.0771. The topological polar surface area (TPSA) is 88.2 Å². The van der Waals surface area contributed by atoms with Gasteiger partial charge in [-0.3, -0.25) is 19.3 Å². The minimum atomic E-state index is -0.750. The van der Waals surface area contributed by atoms with E-state index < -0.39 is 6.04 Å². The summed E-state index contributed by atoms with van der Waals surface area (Å²) in [5.41, 5.74) is 0.750. The minimum Gasteiger partial charge on any atom is -0.485 e. The van der Waals surface area contributed by atoms with Gasteiger partial charge < -0.3 is 19.7 Å². The predicted octanol–water partition coefficient (Wildman–Crippen LogP) is 3.32. The van der Waals surface area contributed by atoms with Gasteiger partial charge in [0.15, 0.2) is 19.0 Å². The molecule has 0 radical (unpaired) electrons. The highest BCUT2D eigenvalue weighted by Gasteiger charge is 2.33. The number of nitrogens with zero attached hydrogens (tertiary/aromatic N) is 2. The minimum absolute atomic E-state index is 0.163. The molecule has 1 atom stereocenters. The number of likely N-dealkylation sites (tertiary alicyclic amines) is 1. The van der Waals surface area contributed by atoms with E-state index in [0.717, 1.165) is 19.6 Å². The van der Waals surface area contributed by atoms with Gasteiger partial charge in [0.2, 0.25) is 5.91 Å². The number of anilines is 1. The van der Waals surface area contributed by atoms with E-state index in [9.17, 15) is 14.4 Å². The number of benzene rings is 2. The average molecular weight is 500 g/mol. The molecule has 9 heteroatoms. The molecule has 2 aromatic rings. The summed E-state index contributed by atoms with van der Waals surface area (Å²) >= 11 is 5.96. The number of rotatable bonds is 9. The lowest BCUT2D eigenvalue weighted by atomic mass is 10.1. The molecule has 2 heterocycles. The molecule has 2 aliphatic rings. The van der Waals surface area contributed by atoms with E-state index in [1.165, 1.54) is 24.2 Å². The van der Waals surface area contributed by atoms with Crippen molar-refractivity contribution in [2.75, 3.05) is 44.3 Å². The molecular formula is C26H30ClN3O5. The first kappa shape index (κ1) is 25.0. The Hall–Kier alpha value is -3.10. The van der Waals surface area contributed by atoms with Crippen molar-refractivity contribution in [3.05, 3.63) is 53.1 Å². The van der Waals surface area contributed by atoms with Crippen molar-refractivity contribution in [1.29, 1.82) is 0 Å². The summed E-state index contributed by atoms with van der Waals surface area (Å²) in [6.07, 6.45) is 3.64. The Labute approximate surface area is 210 Å². The Morgan fingerprint density at radius 1 is 1.14 bits per heavy atom. The molecule has 8 nitrogen and oxygen atoms in total. The van der Waals surface area contributed by atoms with Crippen LogP contribution in [-0.4, -0.2) is 67.9 Å². The predicted molar refractivity (Wildman–Crippen MR) is 133 cm³/mol. The summed E-state index contributed by atoms with van der Waals surface area (Å²) < 4.78 is 11.1. The highest BCUT2D eigenvalue weighted by Crippen LogP contribution is 2.34. The molecule has 1 N–H and O–H groups in total. The van der Waals surface area contributed by atoms with Gasteiger partial charge in [-0.05, 0) is 69.3 Å². The Kier molecular flexibility index (Phi) is 8.25. The van der Waals surface area contributed by atoms with Crippen LogP contribution in [0.25, 0.3) is 0 Å². The van der Waals surface area contributed by atoms with Crippen molar-refractivity contribution in [1.82, 2.24) is 10.2 Å². The smallest absolute Gasteiger partial charge is 0.265 e. The molecule has 1 fully saturated rings. The van der Waals surface area contributed by atoms with Crippen LogP contribution in [0.15, 0.2) is 42.5 Å². The number of Topliss-reactive ketones (excluding diaryl/α,β-unsaturated/α-hetero) is 1. The molecule has 186 valence electrons. The van der Waals surface area contributed by atoms with Crippen LogP contribution in [0.4, 0.5) is 5.69 Å². The van der Waals surface area contributed by atoms with Gasteiger partial charge in [-0.25, -0.2) is 0 Å². The highest BCUT2D eigenvalue weighted by atomic mass is 35.5. The van der Waals surface area contributed by atoms with Gasteiger partial charge in [-0.2, -0.15) is 0 Å². The molecule has 35 heavy (non-hydrogen) atoms. The zero-order chi connectivity index (χ0) is 24.8. The number of fused-ring (bicyclic) bond motifs is 1. The van der Waals surface area contributed by atoms with Crippen LogP contribution >= 0.6 is 11.6 Å². The molecule has 0 aromatic heterocycles. The number of carbonyl (C=O) groups excluding carboxylic acids is 3. The maximum absolute atomic E-state index is 12.9. The molecular weight excluding hydrogens is 470 g/mol. The van der Waals surface area contributed by atoms with Crippen molar-refractivity contribution in [2.24, 2.45) is 0 Å². The van der Waals surface area contributed by atoms with Gasteiger partial charge in [0.05, 0.1) is 5.69 Å². The first-order chi connectivity index (χ1) is 16.9. The fraction of sp³-hybridized carbons (Fsp3) is 0.423. The van der Waals surface area contributed by atoms with Crippen molar-refractivity contribution >= 4 is 34.9 Å². The van der Waals surface area contributed by atoms with Gasteiger partial charge in [-0.15, -0.1) is 0 Å². The van der Waals surface area contributed by atoms with Crippen LogP contribution in [0.2, 0.25) is 5.02 Å². The third-order valence-corrected chi connectivity index (χ3v) is 6.50. The van der Waals surface area contributed by atoms with Gasteiger partial charge in [0.25, 0.3) is 5.91 Å². The van der Waals surface area contributed by atoms with Crippen LogP contribution in [-0.2, 0) is 9.59 Å². The molecule has 4 rings (SSSR count). The van der Waals surface area contributed by atoms with E-state index >= 15 is 0 Å². The normalized spacial score (nSPS) is 16.7. The molecule has 0 spiro atoms. The average Bonchev–Trinajstić information content (AvgIpc) is 2.87. The van der Waals surface area contributed by atoms with Gasteiger partial charge >= 0.3 is 0 Å². The van der Waals surface area contributed by atoms with E-state index in [1.54, 1.807) is 49.4 Å². The van der Waals surface area contributed by atoms with E-state index in [2.05, 4.69) is 10.2 Å². The van der Waals surface area contributed by atoms with Crippen molar-refractivity contribution in [2.45, 2.75) is 32.2 Å². The second-order valence-electron chi connectivity index (χ2n) is 8.77. The largest absolute Gasteiger partial charge is 0.485 e. The summed E-state index contributed by atoms with van der Waals surface area (Å²) in [6.45, 7) is 4.74. The zero-order valence-corrected chi connectivity index (χ0v) is 20.6. The van der Waals surface area contributed by atoms with E-state index in [0.29, 0.717) is 34.3 Å². The number of halogens is 1. The van der Waals surface area contributed by atoms with Crippen LogP contribution in [0.3, 0.4) is 0 Å². The van der Waals surface area contributed by atoms with Crippen LogP contribution in [0.5, 0.6) is 11.5 Å². The lowest BCUT2D eigenvalue weighted by Crippen LogP contribution is -2.52. The first-order valence-electron chi connectivity index (χ1n) is 11.9. The van der Waals surface area contributed by atoms with E-state index in [-0.39, 0.29) is 30.8 Å². The lowest BCUT2D eigenvalue weighted by molar-refractivity contribution is -0.127. The van der Waals surface area contributed by atoms with Crippen molar-refractivity contribution in [3.8, 4) is 11.5 Å². The van der Waals surface area contributed by atoms with Crippen molar-refractivity contribution < 1.29 is 23.9 Å². The highest BCUT2D eigenvalue weighted by molar-refractivity contribution is 6.30.